The van der Waals surface area contributed by atoms with E-state index in [0.29, 0.717) is 27.7 Å². The number of carbonyl (C=O) groups excluding carboxylic acids is 1. The monoisotopic (exact) mass is 446 g/mol. The van der Waals surface area contributed by atoms with E-state index in [1.165, 1.54) is 24.4 Å². The second-order valence-electron chi connectivity index (χ2n) is 5.41. The van der Waals surface area contributed by atoms with Crippen LogP contribution in [0.15, 0.2) is 68.6 Å². The van der Waals surface area contributed by atoms with Gasteiger partial charge in [-0.2, -0.15) is 5.10 Å². The molecule has 0 unspecified atom stereocenters. The molecule has 0 fully saturated rings. The summed E-state index contributed by atoms with van der Waals surface area (Å²) in [5.74, 6) is -0.660. The number of nitrogens with one attached hydrogen (secondary N) is 1. The van der Waals surface area contributed by atoms with Gasteiger partial charge in [0.1, 0.15) is 11.5 Å². The smallest absolute Gasteiger partial charge is 0.335 e. The van der Waals surface area contributed by atoms with Crippen LogP contribution in [0.2, 0.25) is 5.02 Å². The number of aromatic carboxylic acids is 1. The predicted octanol–water partition coefficient (Wildman–Crippen LogP) is 4.82. The van der Waals surface area contributed by atoms with Crippen molar-refractivity contribution in [2.45, 2.75) is 0 Å². The molecule has 0 aliphatic rings. The van der Waals surface area contributed by atoms with Crippen molar-refractivity contribution in [1.82, 2.24) is 5.43 Å². The molecule has 27 heavy (non-hydrogen) atoms. The van der Waals surface area contributed by atoms with Gasteiger partial charge in [0.2, 0.25) is 0 Å². The third kappa shape index (κ3) is 4.64. The first-order valence-electron chi connectivity index (χ1n) is 7.66. The van der Waals surface area contributed by atoms with Gasteiger partial charge in [0.25, 0.3) is 5.91 Å². The number of carbonyl (C=O) groups is 2. The highest BCUT2D eigenvalue weighted by atomic mass is 79.9. The standard InChI is InChI=1S/C19H12BrClN2O4/c20-13-3-1-2-11(8-13)18(24)23-22-10-14-5-7-17(27-14)15-9-12(19(25)26)4-6-16(15)21/h1-10H,(H,23,24)(H,25,26)/b22-10+. The Balaban J connectivity index is 1.73. The lowest BCUT2D eigenvalue weighted by Crippen LogP contribution is -2.17. The van der Waals surface area contributed by atoms with Crippen LogP contribution in [-0.4, -0.2) is 23.2 Å². The van der Waals surface area contributed by atoms with E-state index in [-0.39, 0.29) is 11.5 Å². The second-order valence-corrected chi connectivity index (χ2v) is 6.73. The van der Waals surface area contributed by atoms with E-state index in [1.54, 1.807) is 30.3 Å². The summed E-state index contributed by atoms with van der Waals surface area (Å²) < 4.78 is 6.39. The van der Waals surface area contributed by atoms with Crippen molar-refractivity contribution < 1.29 is 19.1 Å². The largest absolute Gasteiger partial charge is 0.478 e. The van der Waals surface area contributed by atoms with Crippen LogP contribution in [0.3, 0.4) is 0 Å². The molecule has 0 saturated heterocycles. The molecule has 3 aromatic rings. The van der Waals surface area contributed by atoms with Crippen LogP contribution in [0, 0.1) is 0 Å². The van der Waals surface area contributed by atoms with Crippen molar-refractivity contribution in [1.29, 1.82) is 0 Å². The summed E-state index contributed by atoms with van der Waals surface area (Å²) in [5.41, 5.74) is 3.41. The summed E-state index contributed by atoms with van der Waals surface area (Å²) in [6.07, 6.45) is 1.34. The molecule has 0 spiro atoms. The normalized spacial score (nSPS) is 10.9. The van der Waals surface area contributed by atoms with Gasteiger partial charge < -0.3 is 9.52 Å². The van der Waals surface area contributed by atoms with Crippen molar-refractivity contribution in [3.8, 4) is 11.3 Å². The van der Waals surface area contributed by atoms with E-state index in [4.69, 9.17) is 21.1 Å². The molecule has 136 valence electrons. The van der Waals surface area contributed by atoms with E-state index in [2.05, 4.69) is 26.5 Å². The first kappa shape index (κ1) is 18.9. The van der Waals surface area contributed by atoms with E-state index >= 15 is 0 Å². The summed E-state index contributed by atoms with van der Waals surface area (Å²) >= 11 is 9.42. The zero-order valence-electron chi connectivity index (χ0n) is 13.6. The van der Waals surface area contributed by atoms with Gasteiger partial charge in [-0.1, -0.05) is 33.6 Å². The van der Waals surface area contributed by atoms with Crippen LogP contribution >= 0.6 is 27.5 Å². The van der Waals surface area contributed by atoms with Gasteiger partial charge in [-0.15, -0.1) is 0 Å². The third-order valence-corrected chi connectivity index (χ3v) is 4.37. The maximum Gasteiger partial charge on any atom is 0.335 e. The van der Waals surface area contributed by atoms with Gasteiger partial charge >= 0.3 is 5.97 Å². The number of hydrazone groups is 1. The Morgan fingerprint density at radius 2 is 1.93 bits per heavy atom. The topological polar surface area (TPSA) is 91.9 Å². The Morgan fingerprint density at radius 3 is 2.67 bits per heavy atom. The zero-order chi connectivity index (χ0) is 19.4. The number of amides is 1. The summed E-state index contributed by atoms with van der Waals surface area (Å²) in [6, 6.07) is 14.5. The molecule has 1 aromatic heterocycles. The molecule has 0 aliphatic carbocycles. The van der Waals surface area contributed by atoms with Gasteiger partial charge in [0.15, 0.2) is 0 Å². The fourth-order valence-electron chi connectivity index (χ4n) is 2.26. The van der Waals surface area contributed by atoms with Crippen molar-refractivity contribution >= 4 is 45.6 Å². The molecule has 2 N–H and O–H groups in total. The quantitative estimate of drug-likeness (QED) is 0.433. The SMILES string of the molecule is O=C(O)c1ccc(Cl)c(-c2ccc(/C=N/NC(=O)c3cccc(Br)c3)o2)c1. The molecule has 8 heteroatoms. The van der Waals surface area contributed by atoms with Crippen molar-refractivity contribution in [3.05, 3.63) is 81.0 Å². The highest BCUT2D eigenvalue weighted by molar-refractivity contribution is 9.10. The summed E-state index contributed by atoms with van der Waals surface area (Å²) in [4.78, 5) is 23.1. The lowest BCUT2D eigenvalue weighted by Gasteiger charge is -2.02. The minimum atomic E-state index is -1.06. The number of hydrogen-bond donors (Lipinski definition) is 2. The highest BCUT2D eigenvalue weighted by Gasteiger charge is 2.12. The molecule has 0 bridgehead atoms. The first-order chi connectivity index (χ1) is 12.9. The van der Waals surface area contributed by atoms with Crippen LogP contribution in [0.5, 0.6) is 0 Å². The van der Waals surface area contributed by atoms with E-state index in [0.717, 1.165) is 4.47 Å². The highest BCUT2D eigenvalue weighted by Crippen LogP contribution is 2.30. The van der Waals surface area contributed by atoms with Crippen LogP contribution < -0.4 is 5.43 Å². The van der Waals surface area contributed by atoms with Gasteiger partial charge in [-0.3, -0.25) is 4.79 Å². The van der Waals surface area contributed by atoms with Gasteiger partial charge in [0.05, 0.1) is 16.8 Å². The van der Waals surface area contributed by atoms with Crippen LogP contribution in [0.1, 0.15) is 26.5 Å². The number of halogens is 2. The minimum absolute atomic E-state index is 0.0994. The van der Waals surface area contributed by atoms with Crippen LogP contribution in [0.25, 0.3) is 11.3 Å². The summed E-state index contributed by atoms with van der Waals surface area (Å²) in [5, 5.41) is 13.3. The molecule has 0 radical (unpaired) electrons. The fourth-order valence-corrected chi connectivity index (χ4v) is 2.87. The van der Waals surface area contributed by atoms with E-state index in [9.17, 15) is 9.59 Å². The van der Waals surface area contributed by atoms with Gasteiger partial charge in [-0.25, -0.2) is 10.2 Å². The lowest BCUT2D eigenvalue weighted by molar-refractivity contribution is 0.0696. The molecule has 1 heterocycles. The Morgan fingerprint density at radius 1 is 1.11 bits per heavy atom. The van der Waals surface area contributed by atoms with Crippen molar-refractivity contribution in [2.24, 2.45) is 5.10 Å². The molecule has 6 nitrogen and oxygen atoms in total. The summed E-state index contributed by atoms with van der Waals surface area (Å²) in [7, 11) is 0. The number of carboxylic acid groups (broad SMARTS) is 1. The van der Waals surface area contributed by atoms with Crippen LogP contribution in [-0.2, 0) is 0 Å². The fraction of sp³-hybridized carbons (Fsp3) is 0. The molecule has 3 rings (SSSR count). The lowest BCUT2D eigenvalue weighted by atomic mass is 10.1. The average molecular weight is 448 g/mol. The Kier molecular flexibility index (Phi) is 5.73. The molecular weight excluding hydrogens is 436 g/mol. The number of nitrogens with zero attached hydrogens (tertiary/aromatic N) is 1. The first-order valence-corrected chi connectivity index (χ1v) is 8.83. The van der Waals surface area contributed by atoms with E-state index < -0.39 is 5.97 Å². The Hall–Kier alpha value is -2.90. The summed E-state index contributed by atoms with van der Waals surface area (Å²) in [6.45, 7) is 0. The van der Waals surface area contributed by atoms with Gasteiger partial charge in [0, 0.05) is 15.6 Å². The predicted molar refractivity (Wildman–Crippen MR) is 105 cm³/mol. The van der Waals surface area contributed by atoms with Crippen molar-refractivity contribution in [2.75, 3.05) is 0 Å². The number of carboxylic acids is 1. The number of rotatable bonds is 5. The Bertz CT molecular complexity index is 1050. The Labute approximate surface area is 167 Å². The number of furan rings is 1. The zero-order valence-corrected chi connectivity index (χ0v) is 16.0. The molecule has 2 aromatic carbocycles. The van der Waals surface area contributed by atoms with E-state index in [1.807, 2.05) is 6.07 Å². The minimum Gasteiger partial charge on any atom is -0.478 e. The van der Waals surface area contributed by atoms with Gasteiger partial charge in [-0.05, 0) is 48.5 Å². The van der Waals surface area contributed by atoms with Crippen molar-refractivity contribution in [3.63, 3.8) is 0 Å². The maximum atomic E-state index is 12.0. The second kappa shape index (κ2) is 8.20. The molecular formula is C19H12BrClN2O4. The molecule has 0 saturated carbocycles. The number of benzene rings is 2. The van der Waals surface area contributed by atoms with Crippen LogP contribution in [0.4, 0.5) is 0 Å². The molecule has 0 aliphatic heterocycles. The molecule has 0 atom stereocenters. The molecule has 1 amide bonds. The third-order valence-electron chi connectivity index (χ3n) is 3.55. The maximum absolute atomic E-state index is 12.0. The average Bonchev–Trinajstić information content (AvgIpc) is 3.10. The number of hydrogen-bond acceptors (Lipinski definition) is 4.